The Morgan fingerprint density at radius 2 is 1.78 bits per heavy atom. The number of ether oxygens (including phenoxy) is 1. The fourth-order valence-electron chi connectivity index (χ4n) is 3.76. The van der Waals surface area contributed by atoms with Gasteiger partial charge in [0, 0.05) is 41.9 Å². The Balaban J connectivity index is 1.55. The van der Waals surface area contributed by atoms with Crippen molar-refractivity contribution in [1.29, 1.82) is 0 Å². The molecule has 0 spiro atoms. The second kappa shape index (κ2) is 8.42. The molecule has 2 aliphatic rings. The first-order valence-corrected chi connectivity index (χ1v) is 10.2. The summed E-state index contributed by atoms with van der Waals surface area (Å²) in [5, 5.41) is 3.56. The zero-order chi connectivity index (χ0) is 18.6. The molecule has 1 amide bonds. The van der Waals surface area contributed by atoms with Gasteiger partial charge in [-0.25, -0.2) is 0 Å². The number of anilines is 1. The van der Waals surface area contributed by atoms with Crippen LogP contribution in [0.5, 0.6) is 0 Å². The van der Waals surface area contributed by atoms with Gasteiger partial charge < -0.3 is 15.0 Å². The summed E-state index contributed by atoms with van der Waals surface area (Å²) in [6.07, 6.45) is 0.768. The summed E-state index contributed by atoms with van der Waals surface area (Å²) < 4.78 is 6.43. The molecule has 0 aliphatic carbocycles. The number of nitrogens with one attached hydrogen (secondary N) is 1. The summed E-state index contributed by atoms with van der Waals surface area (Å²) >= 11 is 3.65. The summed E-state index contributed by atoms with van der Waals surface area (Å²) in [4.78, 5) is 17.6. The number of nitrogens with zero attached hydrogens (tertiary/aromatic N) is 2. The Labute approximate surface area is 168 Å². The van der Waals surface area contributed by atoms with Crippen molar-refractivity contribution in [3.63, 3.8) is 0 Å². The van der Waals surface area contributed by atoms with Gasteiger partial charge >= 0.3 is 0 Å². The van der Waals surface area contributed by atoms with Gasteiger partial charge in [-0.3, -0.25) is 9.69 Å². The Kier molecular flexibility index (Phi) is 5.76. The smallest absolute Gasteiger partial charge is 0.257 e. The van der Waals surface area contributed by atoms with Crippen molar-refractivity contribution in [2.24, 2.45) is 0 Å². The number of rotatable bonds is 5. The predicted molar refractivity (Wildman–Crippen MR) is 110 cm³/mol. The van der Waals surface area contributed by atoms with Crippen LogP contribution in [0.25, 0.3) is 0 Å². The summed E-state index contributed by atoms with van der Waals surface area (Å²) in [5.74, 6) is 0.0899. The zero-order valence-electron chi connectivity index (χ0n) is 15.2. The molecule has 1 fully saturated rings. The van der Waals surface area contributed by atoms with E-state index in [-0.39, 0.29) is 12.1 Å². The zero-order valence-corrected chi connectivity index (χ0v) is 16.8. The van der Waals surface area contributed by atoms with Crippen LogP contribution in [-0.2, 0) is 4.74 Å². The molecule has 0 radical (unpaired) electrons. The lowest BCUT2D eigenvalue weighted by Crippen LogP contribution is -2.45. The molecule has 2 heterocycles. The number of carbonyl (C=O) groups is 1. The van der Waals surface area contributed by atoms with Crippen LogP contribution in [0.3, 0.4) is 0 Å². The monoisotopic (exact) mass is 429 g/mol. The van der Waals surface area contributed by atoms with Crippen LogP contribution < -0.4 is 5.32 Å². The summed E-state index contributed by atoms with van der Waals surface area (Å²) in [6.45, 7) is 5.25. The average Bonchev–Trinajstić information content (AvgIpc) is 2.71. The molecule has 0 aromatic heterocycles. The second-order valence-corrected chi connectivity index (χ2v) is 7.77. The molecular weight excluding hydrogens is 406 g/mol. The number of hydrogen-bond acceptors (Lipinski definition) is 4. The Hall–Kier alpha value is -1.89. The van der Waals surface area contributed by atoms with E-state index < -0.39 is 0 Å². The number of morpholine rings is 1. The fraction of sp³-hybridized carbons (Fsp3) is 0.381. The molecule has 2 aromatic carbocycles. The first-order chi connectivity index (χ1) is 13.2. The quantitative estimate of drug-likeness (QED) is 0.785. The number of halogens is 1. The van der Waals surface area contributed by atoms with Crippen molar-refractivity contribution < 1.29 is 9.53 Å². The lowest BCUT2D eigenvalue weighted by atomic mass is 10.0. The number of benzene rings is 2. The number of para-hydroxylation sites is 1. The van der Waals surface area contributed by atoms with Crippen LogP contribution in [-0.4, -0.2) is 55.1 Å². The lowest BCUT2D eigenvalue weighted by molar-refractivity contribution is 0.0348. The van der Waals surface area contributed by atoms with Crippen LogP contribution in [0.1, 0.15) is 28.5 Å². The first kappa shape index (κ1) is 18.5. The topological polar surface area (TPSA) is 44.8 Å². The highest BCUT2D eigenvalue weighted by molar-refractivity contribution is 9.10. The third kappa shape index (κ3) is 4.03. The van der Waals surface area contributed by atoms with Gasteiger partial charge in [0.1, 0.15) is 6.17 Å². The van der Waals surface area contributed by atoms with Crippen molar-refractivity contribution in [3.8, 4) is 0 Å². The number of fused-ring (bicyclic) bond motifs is 1. The highest BCUT2D eigenvalue weighted by Crippen LogP contribution is 2.35. The standard InChI is InChI=1S/C21H24BrN3O2/c22-18-8-3-1-6-16(18)20-23-19-9-4-2-7-17(19)21(26)25(20)11-5-10-24-12-14-27-15-13-24/h1-4,6-9,20,23H,5,10-15H2. The minimum Gasteiger partial charge on any atom is -0.379 e. The van der Waals surface area contributed by atoms with Crippen molar-refractivity contribution in [2.45, 2.75) is 12.6 Å². The number of carbonyl (C=O) groups excluding carboxylic acids is 1. The van der Waals surface area contributed by atoms with E-state index in [4.69, 9.17) is 4.74 Å². The summed E-state index contributed by atoms with van der Waals surface area (Å²) in [5.41, 5.74) is 2.71. The van der Waals surface area contributed by atoms with Gasteiger partial charge in [-0.2, -0.15) is 0 Å². The molecule has 1 atom stereocenters. The molecular formula is C21H24BrN3O2. The van der Waals surface area contributed by atoms with Gasteiger partial charge in [0.05, 0.1) is 18.8 Å². The van der Waals surface area contributed by atoms with E-state index in [1.165, 1.54) is 0 Å². The van der Waals surface area contributed by atoms with Gasteiger partial charge in [-0.05, 0) is 24.6 Å². The van der Waals surface area contributed by atoms with Gasteiger partial charge in [0.25, 0.3) is 5.91 Å². The van der Waals surface area contributed by atoms with Gasteiger partial charge in [0.2, 0.25) is 0 Å². The molecule has 0 bridgehead atoms. The number of hydrogen-bond donors (Lipinski definition) is 1. The Bertz CT molecular complexity index is 808. The van der Waals surface area contributed by atoms with E-state index in [1.807, 2.05) is 47.4 Å². The van der Waals surface area contributed by atoms with E-state index in [9.17, 15) is 4.79 Å². The third-order valence-corrected chi connectivity index (χ3v) is 5.92. The van der Waals surface area contributed by atoms with Crippen LogP contribution in [0, 0.1) is 0 Å². The minimum atomic E-state index is -0.173. The summed E-state index contributed by atoms with van der Waals surface area (Å²) in [6, 6.07) is 15.9. The van der Waals surface area contributed by atoms with Gasteiger partial charge in [-0.15, -0.1) is 0 Å². The van der Waals surface area contributed by atoms with Crippen molar-refractivity contribution in [1.82, 2.24) is 9.80 Å². The van der Waals surface area contributed by atoms with E-state index in [0.717, 1.165) is 60.6 Å². The molecule has 0 saturated carbocycles. The summed E-state index contributed by atoms with van der Waals surface area (Å²) in [7, 11) is 0. The molecule has 5 nitrogen and oxygen atoms in total. The Morgan fingerprint density at radius 1 is 1.04 bits per heavy atom. The normalized spacial score (nSPS) is 20.3. The predicted octanol–water partition coefficient (Wildman–Crippen LogP) is 3.74. The lowest BCUT2D eigenvalue weighted by Gasteiger charge is -2.39. The molecule has 142 valence electrons. The Morgan fingerprint density at radius 3 is 2.59 bits per heavy atom. The van der Waals surface area contributed by atoms with E-state index >= 15 is 0 Å². The van der Waals surface area contributed by atoms with Crippen molar-refractivity contribution in [3.05, 3.63) is 64.1 Å². The maximum atomic E-state index is 13.2. The third-order valence-electron chi connectivity index (χ3n) is 5.20. The maximum Gasteiger partial charge on any atom is 0.257 e. The largest absolute Gasteiger partial charge is 0.379 e. The van der Waals surface area contributed by atoms with E-state index in [2.05, 4.69) is 32.2 Å². The van der Waals surface area contributed by atoms with E-state index in [1.54, 1.807) is 0 Å². The van der Waals surface area contributed by atoms with E-state index in [0.29, 0.717) is 6.54 Å². The van der Waals surface area contributed by atoms with Crippen molar-refractivity contribution in [2.75, 3.05) is 44.7 Å². The first-order valence-electron chi connectivity index (χ1n) is 9.45. The SMILES string of the molecule is O=C1c2ccccc2NC(c2ccccc2Br)N1CCCN1CCOCC1. The minimum absolute atomic E-state index is 0.0899. The molecule has 2 aliphatic heterocycles. The fourth-order valence-corrected chi connectivity index (χ4v) is 4.26. The number of amides is 1. The molecule has 2 aromatic rings. The van der Waals surface area contributed by atoms with Crippen LogP contribution >= 0.6 is 15.9 Å². The van der Waals surface area contributed by atoms with Gasteiger partial charge in [0.15, 0.2) is 0 Å². The average molecular weight is 430 g/mol. The molecule has 6 heteroatoms. The van der Waals surface area contributed by atoms with Gasteiger partial charge in [-0.1, -0.05) is 46.3 Å². The van der Waals surface area contributed by atoms with Crippen LogP contribution in [0.2, 0.25) is 0 Å². The van der Waals surface area contributed by atoms with Crippen LogP contribution in [0.4, 0.5) is 5.69 Å². The highest BCUT2D eigenvalue weighted by atomic mass is 79.9. The maximum absolute atomic E-state index is 13.2. The van der Waals surface area contributed by atoms with Crippen molar-refractivity contribution >= 4 is 27.5 Å². The molecule has 27 heavy (non-hydrogen) atoms. The molecule has 1 saturated heterocycles. The molecule has 1 unspecified atom stereocenters. The second-order valence-electron chi connectivity index (χ2n) is 6.92. The van der Waals surface area contributed by atoms with Crippen LogP contribution in [0.15, 0.2) is 53.0 Å². The highest BCUT2D eigenvalue weighted by Gasteiger charge is 2.33. The molecule has 1 N–H and O–H groups in total. The molecule has 4 rings (SSSR count).